The van der Waals surface area contributed by atoms with Crippen molar-refractivity contribution in [1.29, 1.82) is 0 Å². The summed E-state index contributed by atoms with van der Waals surface area (Å²) in [6.45, 7) is 3.41. The van der Waals surface area contributed by atoms with Crippen LogP contribution in [0, 0.1) is 6.92 Å². The maximum Gasteiger partial charge on any atom is 0.267 e. The first-order chi connectivity index (χ1) is 6.66. The molecule has 4 nitrogen and oxygen atoms in total. The molecule has 1 N–H and O–H groups in total. The molecule has 78 valence electrons. The molecule has 0 aliphatic carbocycles. The van der Waals surface area contributed by atoms with Gasteiger partial charge in [-0.1, -0.05) is 0 Å². The van der Waals surface area contributed by atoms with E-state index < -0.39 is 0 Å². The molecule has 0 aliphatic heterocycles. The predicted octanol–water partition coefficient (Wildman–Crippen LogP) is 0.924. The topological polar surface area (TPSA) is 46.9 Å². The Hall–Kier alpha value is -0.680. The van der Waals surface area contributed by atoms with Crippen molar-refractivity contribution in [3.63, 3.8) is 0 Å². The molecule has 0 spiro atoms. The molecular weight excluding hydrogens is 246 g/mol. The smallest absolute Gasteiger partial charge is 0.267 e. The van der Waals surface area contributed by atoms with E-state index in [9.17, 15) is 4.79 Å². The van der Waals surface area contributed by atoms with E-state index in [0.29, 0.717) is 11.0 Å². The third-order valence-electron chi connectivity index (χ3n) is 1.98. The lowest BCUT2D eigenvalue weighted by atomic mass is 10.4. The van der Waals surface area contributed by atoms with Crippen molar-refractivity contribution in [2.45, 2.75) is 19.9 Å². The average molecular weight is 260 g/mol. The van der Waals surface area contributed by atoms with Gasteiger partial charge in [-0.3, -0.25) is 9.36 Å². The standard InChI is InChI=1S/C9H14BrN3O/c1-7-8(10)9(14)13(6-12-7)5-3-4-11-2/h6,11H,3-5H2,1-2H3. The fraction of sp³-hybridized carbons (Fsp3) is 0.556. The van der Waals surface area contributed by atoms with Crippen LogP contribution in [0.4, 0.5) is 0 Å². The first kappa shape index (κ1) is 11.4. The fourth-order valence-corrected chi connectivity index (χ4v) is 1.46. The zero-order chi connectivity index (χ0) is 10.6. The molecule has 1 heterocycles. The summed E-state index contributed by atoms with van der Waals surface area (Å²) in [4.78, 5) is 15.8. The molecule has 0 unspecified atom stereocenters. The lowest BCUT2D eigenvalue weighted by molar-refractivity contribution is 0.586. The first-order valence-electron chi connectivity index (χ1n) is 4.53. The van der Waals surface area contributed by atoms with Gasteiger partial charge in [-0.2, -0.15) is 0 Å². The van der Waals surface area contributed by atoms with Crippen molar-refractivity contribution < 1.29 is 0 Å². The monoisotopic (exact) mass is 259 g/mol. The molecule has 5 heteroatoms. The zero-order valence-corrected chi connectivity index (χ0v) is 9.97. The minimum Gasteiger partial charge on any atom is -0.320 e. The highest BCUT2D eigenvalue weighted by atomic mass is 79.9. The molecule has 0 saturated heterocycles. The molecule has 0 saturated carbocycles. The molecule has 0 aliphatic rings. The SMILES string of the molecule is CNCCCn1cnc(C)c(Br)c1=O. The Labute approximate surface area is 91.5 Å². The van der Waals surface area contributed by atoms with E-state index in [4.69, 9.17) is 0 Å². The summed E-state index contributed by atoms with van der Waals surface area (Å²) in [6, 6.07) is 0. The minimum atomic E-state index is -0.00592. The third kappa shape index (κ3) is 2.65. The Morgan fingerprint density at radius 1 is 1.64 bits per heavy atom. The summed E-state index contributed by atoms with van der Waals surface area (Å²) in [6.07, 6.45) is 2.52. The second kappa shape index (κ2) is 5.26. The van der Waals surface area contributed by atoms with Gasteiger partial charge in [0, 0.05) is 6.54 Å². The quantitative estimate of drug-likeness (QED) is 0.819. The van der Waals surface area contributed by atoms with Gasteiger partial charge in [-0.15, -0.1) is 0 Å². The van der Waals surface area contributed by atoms with E-state index in [0.717, 1.165) is 18.7 Å². The molecule has 0 bridgehead atoms. The lowest BCUT2D eigenvalue weighted by Gasteiger charge is -2.06. The van der Waals surface area contributed by atoms with Crippen LogP contribution in [0.1, 0.15) is 12.1 Å². The highest BCUT2D eigenvalue weighted by Crippen LogP contribution is 2.05. The maximum absolute atomic E-state index is 11.6. The molecule has 1 aromatic rings. The summed E-state index contributed by atoms with van der Waals surface area (Å²) in [5, 5.41) is 3.04. The van der Waals surface area contributed by atoms with Crippen LogP contribution in [-0.4, -0.2) is 23.1 Å². The second-order valence-electron chi connectivity index (χ2n) is 3.10. The summed E-state index contributed by atoms with van der Waals surface area (Å²) in [5.41, 5.74) is 0.730. The maximum atomic E-state index is 11.6. The van der Waals surface area contributed by atoms with Gasteiger partial charge in [-0.05, 0) is 42.9 Å². The summed E-state index contributed by atoms with van der Waals surface area (Å²) in [7, 11) is 1.89. The van der Waals surface area contributed by atoms with Crippen LogP contribution in [-0.2, 0) is 6.54 Å². The van der Waals surface area contributed by atoms with Gasteiger partial charge < -0.3 is 5.32 Å². The molecule has 1 aromatic heterocycles. The Morgan fingerprint density at radius 2 is 2.36 bits per heavy atom. The molecule has 0 amide bonds. The van der Waals surface area contributed by atoms with Crippen LogP contribution in [0.15, 0.2) is 15.6 Å². The Kier molecular flexibility index (Phi) is 4.28. The van der Waals surface area contributed by atoms with E-state index in [2.05, 4.69) is 26.2 Å². The lowest BCUT2D eigenvalue weighted by Crippen LogP contribution is -2.23. The summed E-state index contributed by atoms with van der Waals surface area (Å²) >= 11 is 3.23. The van der Waals surface area contributed by atoms with Crippen molar-refractivity contribution in [2.24, 2.45) is 0 Å². The number of hydrogen-bond acceptors (Lipinski definition) is 3. The number of halogens is 1. The number of aryl methyl sites for hydroxylation is 2. The summed E-state index contributed by atoms with van der Waals surface area (Å²) in [5.74, 6) is 0. The van der Waals surface area contributed by atoms with E-state index in [1.165, 1.54) is 0 Å². The Morgan fingerprint density at radius 3 is 3.00 bits per heavy atom. The molecule has 14 heavy (non-hydrogen) atoms. The second-order valence-corrected chi connectivity index (χ2v) is 3.89. The fourth-order valence-electron chi connectivity index (χ4n) is 1.13. The number of rotatable bonds is 4. The van der Waals surface area contributed by atoms with Gasteiger partial charge in [0.2, 0.25) is 0 Å². The number of aromatic nitrogens is 2. The highest BCUT2D eigenvalue weighted by Gasteiger charge is 2.04. The van der Waals surface area contributed by atoms with Gasteiger partial charge in [0.25, 0.3) is 5.56 Å². The highest BCUT2D eigenvalue weighted by molar-refractivity contribution is 9.10. The van der Waals surface area contributed by atoms with Crippen molar-refractivity contribution in [1.82, 2.24) is 14.9 Å². The van der Waals surface area contributed by atoms with E-state index in [-0.39, 0.29) is 5.56 Å². The molecule has 0 radical (unpaired) electrons. The Bertz CT molecular complexity index is 362. The zero-order valence-electron chi connectivity index (χ0n) is 8.38. The third-order valence-corrected chi connectivity index (χ3v) is 2.90. The van der Waals surface area contributed by atoms with Gasteiger partial charge in [0.1, 0.15) is 4.47 Å². The average Bonchev–Trinajstić information content (AvgIpc) is 2.18. The van der Waals surface area contributed by atoms with E-state index in [1.807, 2.05) is 14.0 Å². The van der Waals surface area contributed by atoms with Crippen molar-refractivity contribution in [2.75, 3.05) is 13.6 Å². The van der Waals surface area contributed by atoms with Crippen LogP contribution in [0.2, 0.25) is 0 Å². The van der Waals surface area contributed by atoms with Crippen LogP contribution < -0.4 is 10.9 Å². The number of hydrogen-bond donors (Lipinski definition) is 1. The van der Waals surface area contributed by atoms with Gasteiger partial charge in [0.05, 0.1) is 12.0 Å². The van der Waals surface area contributed by atoms with Crippen molar-refractivity contribution in [3.05, 3.63) is 26.8 Å². The first-order valence-corrected chi connectivity index (χ1v) is 5.32. The largest absolute Gasteiger partial charge is 0.320 e. The predicted molar refractivity (Wildman–Crippen MR) is 59.5 cm³/mol. The molecule has 0 aromatic carbocycles. The number of nitrogens with one attached hydrogen (secondary N) is 1. The van der Waals surface area contributed by atoms with Crippen molar-refractivity contribution >= 4 is 15.9 Å². The van der Waals surface area contributed by atoms with Gasteiger partial charge in [0.15, 0.2) is 0 Å². The van der Waals surface area contributed by atoms with Crippen molar-refractivity contribution in [3.8, 4) is 0 Å². The molecule has 0 atom stereocenters. The van der Waals surface area contributed by atoms with Gasteiger partial charge >= 0.3 is 0 Å². The van der Waals surface area contributed by atoms with Crippen LogP contribution >= 0.6 is 15.9 Å². The Balaban J connectivity index is 2.79. The summed E-state index contributed by atoms with van der Waals surface area (Å²) < 4.78 is 2.18. The van der Waals surface area contributed by atoms with E-state index >= 15 is 0 Å². The molecular formula is C9H14BrN3O. The normalized spacial score (nSPS) is 10.5. The number of nitrogens with zero attached hydrogens (tertiary/aromatic N) is 2. The minimum absolute atomic E-state index is 0.00592. The molecule has 1 rings (SSSR count). The van der Waals surface area contributed by atoms with Crippen LogP contribution in [0.5, 0.6) is 0 Å². The van der Waals surface area contributed by atoms with Gasteiger partial charge in [-0.25, -0.2) is 4.98 Å². The van der Waals surface area contributed by atoms with Crippen LogP contribution in [0.25, 0.3) is 0 Å². The molecule has 0 fully saturated rings. The van der Waals surface area contributed by atoms with Crippen LogP contribution in [0.3, 0.4) is 0 Å². The van der Waals surface area contributed by atoms with E-state index in [1.54, 1.807) is 10.9 Å².